The lowest BCUT2D eigenvalue weighted by atomic mass is 10.0. The van der Waals surface area contributed by atoms with Crippen molar-refractivity contribution in [2.45, 2.75) is 20.3 Å². The molecular weight excluding hydrogens is 174 g/mol. The van der Waals surface area contributed by atoms with Gasteiger partial charge in [-0.25, -0.2) is 0 Å². The first-order chi connectivity index (χ1) is 6.56. The number of anilines is 1. The summed E-state index contributed by atoms with van der Waals surface area (Å²) in [5.41, 5.74) is 2.98. The number of hydrogen-bond donors (Lipinski definition) is 0. The summed E-state index contributed by atoms with van der Waals surface area (Å²) in [6, 6.07) is 5.99. The van der Waals surface area contributed by atoms with E-state index in [1.54, 1.807) is 0 Å². The molecule has 0 unspecified atom stereocenters. The zero-order chi connectivity index (χ0) is 10.7. The monoisotopic (exact) mass is 191 g/mol. The lowest BCUT2D eigenvalue weighted by molar-refractivity contribution is 0.0987. The topological polar surface area (TPSA) is 20.3 Å². The molecule has 0 aromatic heterocycles. The third-order valence-electron chi connectivity index (χ3n) is 2.36. The minimum atomic E-state index is 0.214. The maximum Gasteiger partial charge on any atom is 0.162 e. The smallest absolute Gasteiger partial charge is 0.162 e. The quantitative estimate of drug-likeness (QED) is 0.684. The highest BCUT2D eigenvalue weighted by molar-refractivity contribution is 5.98. The molecule has 0 heterocycles. The summed E-state index contributed by atoms with van der Waals surface area (Å²) in [7, 11) is 3.95. The Labute approximate surface area is 85.5 Å². The zero-order valence-electron chi connectivity index (χ0n) is 9.29. The number of rotatable bonds is 3. The fourth-order valence-electron chi connectivity index (χ4n) is 1.38. The van der Waals surface area contributed by atoms with Gasteiger partial charge in [0.15, 0.2) is 5.78 Å². The first kappa shape index (κ1) is 10.8. The van der Waals surface area contributed by atoms with Gasteiger partial charge in [0.25, 0.3) is 0 Å². The van der Waals surface area contributed by atoms with Crippen LogP contribution in [0.5, 0.6) is 0 Å². The Morgan fingerprint density at radius 2 is 2.00 bits per heavy atom. The van der Waals surface area contributed by atoms with Gasteiger partial charge in [-0.05, 0) is 24.6 Å². The number of carbonyl (C=O) groups excluding carboxylic acids is 1. The number of carbonyl (C=O) groups is 1. The highest BCUT2D eigenvalue weighted by atomic mass is 16.1. The van der Waals surface area contributed by atoms with Crippen molar-refractivity contribution in [3.05, 3.63) is 29.3 Å². The van der Waals surface area contributed by atoms with E-state index in [-0.39, 0.29) is 5.78 Å². The van der Waals surface area contributed by atoms with Crippen LogP contribution in [0.1, 0.15) is 29.3 Å². The number of benzene rings is 1. The summed E-state index contributed by atoms with van der Waals surface area (Å²) in [5, 5.41) is 0. The predicted molar refractivity (Wildman–Crippen MR) is 60.1 cm³/mol. The van der Waals surface area contributed by atoms with Crippen LogP contribution in [0.4, 0.5) is 5.69 Å². The molecule has 14 heavy (non-hydrogen) atoms. The fraction of sp³-hybridized carbons (Fsp3) is 0.417. The lowest BCUT2D eigenvalue weighted by Gasteiger charge is -2.14. The number of ketones is 1. The number of hydrogen-bond acceptors (Lipinski definition) is 2. The Kier molecular flexibility index (Phi) is 3.28. The Bertz CT molecular complexity index is 342. The molecule has 0 N–H and O–H groups in total. The van der Waals surface area contributed by atoms with E-state index < -0.39 is 0 Å². The van der Waals surface area contributed by atoms with E-state index in [9.17, 15) is 4.79 Å². The second-order valence-corrected chi connectivity index (χ2v) is 3.67. The van der Waals surface area contributed by atoms with Crippen LogP contribution in [0.15, 0.2) is 18.2 Å². The number of nitrogens with zero attached hydrogens (tertiary/aromatic N) is 1. The van der Waals surface area contributed by atoms with Crippen LogP contribution >= 0.6 is 0 Å². The third-order valence-corrected chi connectivity index (χ3v) is 2.36. The Morgan fingerprint density at radius 3 is 2.50 bits per heavy atom. The maximum absolute atomic E-state index is 11.6. The minimum absolute atomic E-state index is 0.214. The average Bonchev–Trinajstić information content (AvgIpc) is 2.17. The summed E-state index contributed by atoms with van der Waals surface area (Å²) < 4.78 is 0. The summed E-state index contributed by atoms with van der Waals surface area (Å²) in [4.78, 5) is 13.6. The van der Waals surface area contributed by atoms with E-state index in [1.165, 1.54) is 0 Å². The molecule has 0 fully saturated rings. The van der Waals surface area contributed by atoms with Gasteiger partial charge in [-0.15, -0.1) is 0 Å². The Balaban J connectivity index is 3.15. The predicted octanol–water partition coefficient (Wildman–Crippen LogP) is 2.65. The maximum atomic E-state index is 11.6. The molecule has 0 aliphatic carbocycles. The van der Waals surface area contributed by atoms with Crippen molar-refractivity contribution in [1.29, 1.82) is 0 Å². The number of Topliss-reactive ketones (excluding diaryl/α,β-unsaturated/α-hetero) is 1. The first-order valence-corrected chi connectivity index (χ1v) is 4.87. The summed E-state index contributed by atoms with van der Waals surface area (Å²) >= 11 is 0. The molecule has 0 radical (unpaired) electrons. The van der Waals surface area contributed by atoms with Gasteiger partial charge in [-0.3, -0.25) is 4.79 Å². The van der Waals surface area contributed by atoms with Crippen molar-refractivity contribution >= 4 is 11.5 Å². The highest BCUT2D eigenvalue weighted by Crippen LogP contribution is 2.18. The fourth-order valence-corrected chi connectivity index (χ4v) is 1.38. The van der Waals surface area contributed by atoms with Crippen molar-refractivity contribution in [3.63, 3.8) is 0 Å². The molecule has 0 amide bonds. The van der Waals surface area contributed by atoms with E-state index in [0.717, 1.165) is 16.8 Å². The van der Waals surface area contributed by atoms with Crippen molar-refractivity contribution in [2.24, 2.45) is 0 Å². The largest absolute Gasteiger partial charge is 0.378 e. The van der Waals surface area contributed by atoms with Crippen LogP contribution in [-0.2, 0) is 0 Å². The Morgan fingerprint density at radius 1 is 1.36 bits per heavy atom. The van der Waals surface area contributed by atoms with Gasteiger partial charge >= 0.3 is 0 Å². The Hall–Kier alpha value is -1.31. The lowest BCUT2D eigenvalue weighted by Crippen LogP contribution is -2.10. The van der Waals surface area contributed by atoms with Gasteiger partial charge in [-0.1, -0.05) is 13.0 Å². The minimum Gasteiger partial charge on any atom is -0.378 e. The van der Waals surface area contributed by atoms with Gasteiger partial charge in [0, 0.05) is 31.8 Å². The van der Waals surface area contributed by atoms with Gasteiger partial charge in [-0.2, -0.15) is 0 Å². The zero-order valence-corrected chi connectivity index (χ0v) is 9.29. The second kappa shape index (κ2) is 4.27. The van der Waals surface area contributed by atoms with Gasteiger partial charge in [0.2, 0.25) is 0 Å². The van der Waals surface area contributed by atoms with E-state index in [4.69, 9.17) is 0 Å². The molecule has 1 aromatic rings. The summed E-state index contributed by atoms with van der Waals surface area (Å²) in [6.45, 7) is 3.87. The molecule has 0 atom stereocenters. The normalized spacial score (nSPS) is 10.0. The molecule has 0 spiro atoms. The molecule has 2 nitrogen and oxygen atoms in total. The van der Waals surface area contributed by atoms with Gasteiger partial charge in [0.05, 0.1) is 0 Å². The molecule has 0 saturated carbocycles. The summed E-state index contributed by atoms with van der Waals surface area (Å²) in [5.74, 6) is 0.214. The van der Waals surface area contributed by atoms with E-state index in [0.29, 0.717) is 6.42 Å². The van der Waals surface area contributed by atoms with Crippen LogP contribution in [-0.4, -0.2) is 19.9 Å². The van der Waals surface area contributed by atoms with Crippen LogP contribution in [0.3, 0.4) is 0 Å². The summed E-state index contributed by atoms with van der Waals surface area (Å²) in [6.07, 6.45) is 0.567. The molecule has 0 bridgehead atoms. The third kappa shape index (κ3) is 2.13. The molecule has 0 aliphatic rings. The van der Waals surface area contributed by atoms with E-state index in [2.05, 4.69) is 0 Å². The van der Waals surface area contributed by atoms with Crippen LogP contribution in [0, 0.1) is 6.92 Å². The van der Waals surface area contributed by atoms with Crippen molar-refractivity contribution in [3.8, 4) is 0 Å². The molecular formula is C12H17NO. The molecule has 1 aromatic carbocycles. The molecule has 0 aliphatic heterocycles. The van der Waals surface area contributed by atoms with Crippen molar-refractivity contribution in [1.82, 2.24) is 0 Å². The number of aryl methyl sites for hydroxylation is 1. The SMILES string of the molecule is CCC(=O)c1cc(N(C)C)ccc1C. The van der Waals surface area contributed by atoms with Crippen LogP contribution in [0.25, 0.3) is 0 Å². The molecule has 0 saturated heterocycles. The van der Waals surface area contributed by atoms with Crippen molar-refractivity contribution < 1.29 is 4.79 Å². The van der Waals surface area contributed by atoms with Gasteiger partial charge < -0.3 is 4.90 Å². The standard InChI is InChI=1S/C12H17NO/c1-5-12(14)11-8-10(13(3)4)7-6-9(11)2/h6-8H,5H2,1-4H3. The van der Waals surface area contributed by atoms with Gasteiger partial charge in [0.1, 0.15) is 0 Å². The molecule has 76 valence electrons. The van der Waals surface area contributed by atoms with E-state index in [1.807, 2.05) is 51.0 Å². The first-order valence-electron chi connectivity index (χ1n) is 4.87. The highest BCUT2D eigenvalue weighted by Gasteiger charge is 2.08. The second-order valence-electron chi connectivity index (χ2n) is 3.67. The van der Waals surface area contributed by atoms with Crippen molar-refractivity contribution in [2.75, 3.05) is 19.0 Å². The van der Waals surface area contributed by atoms with Crippen LogP contribution in [0.2, 0.25) is 0 Å². The average molecular weight is 191 g/mol. The van der Waals surface area contributed by atoms with Crippen LogP contribution < -0.4 is 4.90 Å². The molecule has 1 rings (SSSR count). The van der Waals surface area contributed by atoms with E-state index >= 15 is 0 Å². The molecule has 2 heteroatoms.